The normalized spacial score (nSPS) is 10.6. The Morgan fingerprint density at radius 2 is 1.81 bits per heavy atom. The van der Waals surface area contributed by atoms with E-state index in [1.165, 1.54) is 0 Å². The fourth-order valence-electron chi connectivity index (χ4n) is 2.33. The first-order valence-corrected chi connectivity index (χ1v) is 9.23. The minimum atomic E-state index is 0.425. The van der Waals surface area contributed by atoms with Gasteiger partial charge in [0.15, 0.2) is 11.5 Å². The Kier molecular flexibility index (Phi) is 6.35. The molecule has 1 aromatic heterocycles. The fraction of sp³-hybridized carbons (Fsp3) is 0.222. The molecule has 0 aliphatic heterocycles. The van der Waals surface area contributed by atoms with Gasteiger partial charge >= 0.3 is 0 Å². The molecular formula is C18H18BrClN4O2. The zero-order chi connectivity index (χ0) is 18.4. The number of hydrogen-bond donors (Lipinski definition) is 1. The van der Waals surface area contributed by atoms with E-state index in [4.69, 9.17) is 21.1 Å². The Hall–Kier alpha value is -2.25. The van der Waals surface area contributed by atoms with Crippen molar-refractivity contribution in [3.05, 3.63) is 69.7 Å². The minimum Gasteiger partial charge on any atom is -0.490 e. The summed E-state index contributed by atoms with van der Waals surface area (Å²) in [5.74, 6) is 1.37. The predicted octanol–water partition coefficient (Wildman–Crippen LogP) is 4.42. The lowest BCUT2D eigenvalue weighted by atomic mass is 10.2. The summed E-state index contributed by atoms with van der Waals surface area (Å²) < 4.78 is 14.3. The van der Waals surface area contributed by atoms with Crippen molar-refractivity contribution in [2.45, 2.75) is 20.1 Å². The van der Waals surface area contributed by atoms with Crippen LogP contribution in [0.25, 0.3) is 0 Å². The molecule has 0 amide bonds. The van der Waals surface area contributed by atoms with Gasteiger partial charge in [-0.05, 0) is 58.2 Å². The van der Waals surface area contributed by atoms with E-state index in [0.29, 0.717) is 36.3 Å². The maximum Gasteiger partial charge on any atom is 0.175 e. The molecule has 0 spiro atoms. The molecule has 0 unspecified atom stereocenters. The number of hydrogen-bond acceptors (Lipinski definition) is 5. The summed E-state index contributed by atoms with van der Waals surface area (Å²) in [6, 6.07) is 11.5. The molecule has 3 aromatic rings. The van der Waals surface area contributed by atoms with Crippen LogP contribution in [0.1, 0.15) is 18.1 Å². The van der Waals surface area contributed by atoms with Crippen molar-refractivity contribution in [1.82, 2.24) is 14.9 Å². The van der Waals surface area contributed by atoms with Crippen LogP contribution in [0, 0.1) is 0 Å². The monoisotopic (exact) mass is 436 g/mol. The van der Waals surface area contributed by atoms with Gasteiger partial charge in [0.1, 0.15) is 19.3 Å². The molecule has 3 rings (SSSR count). The second-order valence-electron chi connectivity index (χ2n) is 5.46. The van der Waals surface area contributed by atoms with Crippen LogP contribution >= 0.6 is 27.5 Å². The lowest BCUT2D eigenvalue weighted by molar-refractivity contribution is 0.267. The summed E-state index contributed by atoms with van der Waals surface area (Å²) in [5.41, 5.74) is 5.25. The van der Waals surface area contributed by atoms with Gasteiger partial charge in [0, 0.05) is 5.02 Å². The average molecular weight is 438 g/mol. The number of halogens is 2. The smallest absolute Gasteiger partial charge is 0.175 e. The Labute approximate surface area is 165 Å². The van der Waals surface area contributed by atoms with Gasteiger partial charge in [0.2, 0.25) is 0 Å². The molecule has 6 nitrogen and oxygen atoms in total. The molecule has 1 N–H and O–H groups in total. The van der Waals surface area contributed by atoms with Gasteiger partial charge in [-0.1, -0.05) is 23.7 Å². The van der Waals surface area contributed by atoms with Gasteiger partial charge in [0.25, 0.3) is 0 Å². The van der Waals surface area contributed by atoms with Crippen molar-refractivity contribution < 1.29 is 9.47 Å². The van der Waals surface area contributed by atoms with Gasteiger partial charge in [-0.2, -0.15) is 0 Å². The molecular weight excluding hydrogens is 420 g/mol. The topological polar surface area (TPSA) is 61.2 Å². The molecule has 8 heteroatoms. The van der Waals surface area contributed by atoms with Gasteiger partial charge < -0.3 is 14.9 Å². The summed E-state index contributed by atoms with van der Waals surface area (Å²) >= 11 is 9.51. The molecule has 0 fully saturated rings. The molecule has 0 aliphatic rings. The second-order valence-corrected chi connectivity index (χ2v) is 6.75. The van der Waals surface area contributed by atoms with Crippen LogP contribution in [0.5, 0.6) is 11.5 Å². The van der Waals surface area contributed by atoms with E-state index < -0.39 is 0 Å². The van der Waals surface area contributed by atoms with Crippen molar-refractivity contribution in [1.29, 1.82) is 0 Å². The zero-order valence-corrected chi connectivity index (χ0v) is 16.5. The van der Waals surface area contributed by atoms with Crippen LogP contribution in [-0.2, 0) is 13.2 Å². The first-order valence-electron chi connectivity index (χ1n) is 8.06. The molecule has 0 aliphatic carbocycles. The average Bonchev–Trinajstić information content (AvgIpc) is 3.14. The van der Waals surface area contributed by atoms with Crippen LogP contribution in [-0.4, -0.2) is 21.5 Å². The third kappa shape index (κ3) is 4.89. The molecule has 0 radical (unpaired) electrons. The molecule has 0 saturated carbocycles. The fourth-order valence-corrected chi connectivity index (χ4v) is 3.06. The summed E-state index contributed by atoms with van der Waals surface area (Å²) in [6.07, 6.45) is 3.20. The summed E-state index contributed by atoms with van der Waals surface area (Å²) in [5, 5.41) is 8.22. The summed E-state index contributed by atoms with van der Waals surface area (Å²) in [6.45, 7) is 3.51. The van der Waals surface area contributed by atoms with Crippen molar-refractivity contribution in [3.8, 4) is 11.5 Å². The second kappa shape index (κ2) is 8.91. The number of nitrogens with zero attached hydrogens (tertiary/aromatic N) is 3. The Morgan fingerprint density at radius 1 is 1.08 bits per heavy atom. The highest BCUT2D eigenvalue weighted by Crippen LogP contribution is 2.37. The minimum absolute atomic E-state index is 0.425. The van der Waals surface area contributed by atoms with Gasteiger partial charge in [0.05, 0.1) is 17.6 Å². The highest BCUT2D eigenvalue weighted by molar-refractivity contribution is 9.10. The maximum atomic E-state index is 5.99. The van der Waals surface area contributed by atoms with E-state index in [2.05, 4.69) is 31.6 Å². The maximum absolute atomic E-state index is 5.99. The number of aromatic nitrogens is 3. The number of rotatable bonds is 8. The molecule has 2 aromatic carbocycles. The van der Waals surface area contributed by atoms with E-state index in [1.807, 2.05) is 43.3 Å². The first-order chi connectivity index (χ1) is 12.7. The van der Waals surface area contributed by atoms with Crippen molar-refractivity contribution in [2.24, 2.45) is 0 Å². The first kappa shape index (κ1) is 18.5. The van der Waals surface area contributed by atoms with Crippen molar-refractivity contribution >= 4 is 27.5 Å². The summed E-state index contributed by atoms with van der Waals surface area (Å²) in [7, 11) is 0. The van der Waals surface area contributed by atoms with E-state index in [-0.39, 0.29) is 0 Å². The summed E-state index contributed by atoms with van der Waals surface area (Å²) in [4.78, 5) is 0. The molecule has 0 bridgehead atoms. The largest absolute Gasteiger partial charge is 0.490 e. The van der Waals surface area contributed by atoms with Gasteiger partial charge in [-0.15, -0.1) is 10.2 Å². The molecule has 0 atom stereocenters. The highest BCUT2D eigenvalue weighted by Gasteiger charge is 2.13. The van der Waals surface area contributed by atoms with E-state index >= 15 is 0 Å². The third-order valence-electron chi connectivity index (χ3n) is 3.55. The lowest BCUT2D eigenvalue weighted by Gasteiger charge is -2.16. The number of ether oxygens (including phenoxy) is 2. The van der Waals surface area contributed by atoms with Crippen LogP contribution < -0.4 is 14.9 Å². The number of nitrogens with one attached hydrogen (secondary N) is 1. The highest BCUT2D eigenvalue weighted by atomic mass is 79.9. The van der Waals surface area contributed by atoms with E-state index in [0.717, 1.165) is 15.6 Å². The lowest BCUT2D eigenvalue weighted by Crippen LogP contribution is -2.12. The van der Waals surface area contributed by atoms with Gasteiger partial charge in [-0.3, -0.25) is 0 Å². The van der Waals surface area contributed by atoms with E-state index in [1.54, 1.807) is 17.3 Å². The SMILES string of the molecule is CCOc1cc(CNn2cnnc2)cc(Br)c1OCc1ccc(Cl)cc1. The standard InChI is InChI=1S/C18H18BrClN4O2/c1-2-25-17-8-14(9-23-24-11-21-22-12-24)7-16(19)18(17)26-10-13-3-5-15(20)6-4-13/h3-8,11-12,23H,2,9-10H2,1H3. The molecule has 0 saturated heterocycles. The Bertz CT molecular complexity index is 841. The van der Waals surface area contributed by atoms with Crippen LogP contribution in [0.15, 0.2) is 53.5 Å². The van der Waals surface area contributed by atoms with Crippen LogP contribution in [0.4, 0.5) is 0 Å². The Morgan fingerprint density at radius 3 is 2.50 bits per heavy atom. The number of benzene rings is 2. The molecule has 26 heavy (non-hydrogen) atoms. The Balaban J connectivity index is 1.74. The van der Waals surface area contributed by atoms with Crippen LogP contribution in [0.2, 0.25) is 5.02 Å². The quantitative estimate of drug-likeness (QED) is 0.565. The van der Waals surface area contributed by atoms with Crippen LogP contribution in [0.3, 0.4) is 0 Å². The van der Waals surface area contributed by atoms with Crippen molar-refractivity contribution in [3.63, 3.8) is 0 Å². The molecule has 136 valence electrons. The van der Waals surface area contributed by atoms with Crippen molar-refractivity contribution in [2.75, 3.05) is 12.0 Å². The van der Waals surface area contributed by atoms with Gasteiger partial charge in [-0.25, -0.2) is 4.68 Å². The molecule has 1 heterocycles. The predicted molar refractivity (Wildman–Crippen MR) is 104 cm³/mol. The zero-order valence-electron chi connectivity index (χ0n) is 14.2. The third-order valence-corrected chi connectivity index (χ3v) is 4.39. The van der Waals surface area contributed by atoms with E-state index in [9.17, 15) is 0 Å².